The molecule has 4 aromatic rings. The van der Waals surface area contributed by atoms with Crippen molar-refractivity contribution in [3.63, 3.8) is 0 Å². The lowest BCUT2D eigenvalue weighted by Gasteiger charge is -2.15. The molecule has 4 aromatic carbocycles. The lowest BCUT2D eigenvalue weighted by molar-refractivity contribution is 0.284. The van der Waals surface area contributed by atoms with Crippen LogP contribution in [0.4, 0.5) is 4.39 Å². The van der Waals surface area contributed by atoms with E-state index in [1.165, 1.54) is 19.2 Å². The van der Waals surface area contributed by atoms with Crippen LogP contribution in [0.1, 0.15) is 5.56 Å². The van der Waals surface area contributed by atoms with Gasteiger partial charge in [-0.25, -0.2) is 12.8 Å². The summed E-state index contributed by atoms with van der Waals surface area (Å²) in [7, 11) is -2.52. The van der Waals surface area contributed by atoms with E-state index in [9.17, 15) is 12.8 Å². The second kappa shape index (κ2) is 9.65. The third-order valence-corrected chi connectivity index (χ3v) is 7.04. The summed E-state index contributed by atoms with van der Waals surface area (Å²) in [6.07, 6.45) is 0. The van der Waals surface area contributed by atoms with Crippen molar-refractivity contribution in [3.8, 4) is 22.6 Å². The molecule has 0 aliphatic carbocycles. The number of halogens is 2. The van der Waals surface area contributed by atoms with Crippen molar-refractivity contribution in [2.45, 2.75) is 16.4 Å². The maximum atomic E-state index is 13.9. The molecule has 0 unspecified atom stereocenters. The Bertz CT molecular complexity index is 1370. The van der Waals surface area contributed by atoms with Gasteiger partial charge in [-0.3, -0.25) is 0 Å². The minimum atomic E-state index is -4.04. The minimum Gasteiger partial charge on any atom is -0.493 e. The molecule has 0 aliphatic heterocycles. The van der Waals surface area contributed by atoms with E-state index in [1.54, 1.807) is 36.4 Å². The van der Waals surface area contributed by atoms with Crippen molar-refractivity contribution in [1.29, 1.82) is 0 Å². The highest BCUT2D eigenvalue weighted by Crippen LogP contribution is 2.37. The summed E-state index contributed by atoms with van der Waals surface area (Å²) in [6, 6.07) is 24.7. The van der Waals surface area contributed by atoms with Crippen LogP contribution >= 0.6 is 11.6 Å². The fourth-order valence-electron chi connectivity index (χ4n) is 3.44. The quantitative estimate of drug-likeness (QED) is 0.299. The van der Waals surface area contributed by atoms with Crippen LogP contribution in [0.5, 0.6) is 11.5 Å². The van der Waals surface area contributed by atoms with Gasteiger partial charge in [-0.1, -0.05) is 66.2 Å². The first-order valence-electron chi connectivity index (χ1n) is 10.0. The third kappa shape index (κ3) is 5.02. The van der Waals surface area contributed by atoms with Crippen molar-refractivity contribution in [1.82, 2.24) is 0 Å². The molecule has 0 heterocycles. The van der Waals surface area contributed by atoms with E-state index in [0.29, 0.717) is 29.2 Å². The normalized spacial score (nSPS) is 11.2. The number of hydrogen-bond acceptors (Lipinski definition) is 4. The van der Waals surface area contributed by atoms with Gasteiger partial charge in [0.2, 0.25) is 9.84 Å². The van der Waals surface area contributed by atoms with Gasteiger partial charge in [0.15, 0.2) is 11.5 Å². The van der Waals surface area contributed by atoms with Gasteiger partial charge in [0.1, 0.15) is 12.4 Å². The van der Waals surface area contributed by atoms with Crippen LogP contribution in [0.25, 0.3) is 11.1 Å². The van der Waals surface area contributed by atoms with Crippen molar-refractivity contribution in [3.05, 3.63) is 107 Å². The second-order valence-corrected chi connectivity index (χ2v) is 9.60. The molecular weight excluding hydrogens is 463 g/mol. The first-order valence-corrected chi connectivity index (χ1v) is 11.9. The molecule has 0 saturated carbocycles. The number of sulfone groups is 1. The third-order valence-electron chi connectivity index (χ3n) is 5.03. The van der Waals surface area contributed by atoms with Gasteiger partial charge in [0, 0.05) is 10.6 Å². The fraction of sp³-hybridized carbons (Fsp3) is 0.0769. The lowest BCUT2D eigenvalue weighted by atomic mass is 10.1. The van der Waals surface area contributed by atoms with Crippen molar-refractivity contribution in [2.75, 3.05) is 7.11 Å². The summed E-state index contributed by atoms with van der Waals surface area (Å²) in [5.41, 5.74) is 2.07. The zero-order valence-electron chi connectivity index (χ0n) is 17.7. The highest BCUT2D eigenvalue weighted by atomic mass is 35.5. The molecule has 33 heavy (non-hydrogen) atoms. The smallest absolute Gasteiger partial charge is 0.207 e. The minimum absolute atomic E-state index is 0.00708. The second-order valence-electron chi connectivity index (χ2n) is 7.24. The summed E-state index contributed by atoms with van der Waals surface area (Å²) in [6.45, 7) is 0.363. The molecule has 4 rings (SSSR count). The van der Waals surface area contributed by atoms with E-state index in [0.717, 1.165) is 17.7 Å². The summed E-state index contributed by atoms with van der Waals surface area (Å²) in [5, 5.41) is 0.00708. The van der Waals surface area contributed by atoms with E-state index in [1.807, 2.05) is 30.3 Å². The monoisotopic (exact) mass is 482 g/mol. The Kier molecular flexibility index (Phi) is 6.67. The van der Waals surface area contributed by atoms with E-state index in [-0.39, 0.29) is 14.8 Å². The van der Waals surface area contributed by atoms with E-state index >= 15 is 0 Å². The van der Waals surface area contributed by atoms with Gasteiger partial charge in [0.25, 0.3) is 0 Å². The van der Waals surface area contributed by atoms with Gasteiger partial charge >= 0.3 is 0 Å². The van der Waals surface area contributed by atoms with E-state index in [4.69, 9.17) is 21.1 Å². The predicted molar refractivity (Wildman–Crippen MR) is 126 cm³/mol. The zero-order valence-corrected chi connectivity index (χ0v) is 19.2. The summed E-state index contributed by atoms with van der Waals surface area (Å²) >= 11 is 5.90. The number of ether oxygens (including phenoxy) is 2. The van der Waals surface area contributed by atoms with Crippen molar-refractivity contribution in [2.24, 2.45) is 0 Å². The molecule has 168 valence electrons. The highest BCUT2D eigenvalue weighted by Gasteiger charge is 2.23. The Hall–Kier alpha value is -3.35. The first-order chi connectivity index (χ1) is 15.9. The molecule has 0 amide bonds. The van der Waals surface area contributed by atoms with Gasteiger partial charge in [-0.05, 0) is 47.5 Å². The number of rotatable bonds is 7. The Labute approximate surface area is 197 Å². The Morgan fingerprint density at radius 3 is 2.30 bits per heavy atom. The van der Waals surface area contributed by atoms with Crippen LogP contribution in [-0.2, 0) is 16.4 Å². The Balaban J connectivity index is 1.72. The molecule has 0 N–H and O–H groups in total. The maximum absolute atomic E-state index is 13.9. The molecule has 0 atom stereocenters. The fourth-order valence-corrected chi connectivity index (χ4v) is 5.26. The van der Waals surface area contributed by atoms with Crippen molar-refractivity contribution >= 4 is 21.4 Å². The Morgan fingerprint density at radius 1 is 0.848 bits per heavy atom. The average Bonchev–Trinajstić information content (AvgIpc) is 2.82. The van der Waals surface area contributed by atoms with Gasteiger partial charge in [0.05, 0.1) is 16.9 Å². The van der Waals surface area contributed by atoms with Gasteiger partial charge < -0.3 is 9.47 Å². The molecule has 0 spiro atoms. The van der Waals surface area contributed by atoms with Crippen LogP contribution in [0.3, 0.4) is 0 Å². The largest absolute Gasteiger partial charge is 0.493 e. The SMILES string of the molecule is COc1cc(-c2ccccc2S(=O)(=O)c2cc(F)cc(Cl)c2)ccc1OCc1ccccc1. The van der Waals surface area contributed by atoms with Crippen LogP contribution in [0.2, 0.25) is 5.02 Å². The lowest BCUT2D eigenvalue weighted by Crippen LogP contribution is -2.05. The molecule has 0 bridgehead atoms. The number of hydrogen-bond donors (Lipinski definition) is 0. The summed E-state index contributed by atoms with van der Waals surface area (Å²) in [4.78, 5) is -0.179. The predicted octanol–water partition coefficient (Wildman–Crippen LogP) is 6.57. The average molecular weight is 483 g/mol. The van der Waals surface area contributed by atoms with E-state index < -0.39 is 15.7 Å². The number of benzene rings is 4. The first kappa shape index (κ1) is 22.8. The standard InChI is InChI=1S/C26H20ClFO4S/c1-31-25-13-19(11-12-24(25)32-17-18-7-3-2-4-8-18)23-9-5-6-10-26(23)33(29,30)22-15-20(27)14-21(28)16-22/h2-16H,17H2,1H3. The van der Waals surface area contributed by atoms with Crippen LogP contribution in [0.15, 0.2) is 101 Å². The molecule has 0 saturated heterocycles. The van der Waals surface area contributed by atoms with Crippen LogP contribution in [-0.4, -0.2) is 15.5 Å². The molecule has 0 radical (unpaired) electrons. The highest BCUT2D eigenvalue weighted by molar-refractivity contribution is 7.91. The molecular formula is C26H20ClFO4S. The summed E-state index contributed by atoms with van der Waals surface area (Å²) < 4.78 is 51.9. The van der Waals surface area contributed by atoms with Crippen LogP contribution in [0, 0.1) is 5.82 Å². The molecule has 4 nitrogen and oxygen atoms in total. The molecule has 0 aliphatic rings. The Morgan fingerprint density at radius 2 is 1.58 bits per heavy atom. The summed E-state index contributed by atoms with van der Waals surface area (Å²) in [5.74, 6) is 0.270. The number of methoxy groups -OCH3 is 1. The molecule has 0 fully saturated rings. The van der Waals surface area contributed by atoms with E-state index in [2.05, 4.69) is 0 Å². The molecule has 7 heteroatoms. The van der Waals surface area contributed by atoms with Gasteiger partial charge in [-0.15, -0.1) is 0 Å². The zero-order chi connectivity index (χ0) is 23.4. The van der Waals surface area contributed by atoms with Crippen molar-refractivity contribution < 1.29 is 22.3 Å². The topological polar surface area (TPSA) is 52.6 Å². The van der Waals surface area contributed by atoms with Crippen LogP contribution < -0.4 is 9.47 Å². The van der Waals surface area contributed by atoms with Gasteiger partial charge in [-0.2, -0.15) is 0 Å². The molecule has 0 aromatic heterocycles. The maximum Gasteiger partial charge on any atom is 0.207 e.